The third-order valence-electron chi connectivity index (χ3n) is 4.64. The Labute approximate surface area is 115 Å². The van der Waals surface area contributed by atoms with Gasteiger partial charge in [0.25, 0.3) is 0 Å². The van der Waals surface area contributed by atoms with E-state index in [2.05, 4.69) is 37.9 Å². The largest absolute Gasteiger partial charge is 0.316 e. The van der Waals surface area contributed by atoms with Gasteiger partial charge in [-0.1, -0.05) is 33.6 Å². The summed E-state index contributed by atoms with van der Waals surface area (Å²) in [5.41, 5.74) is 0. The zero-order valence-corrected chi connectivity index (χ0v) is 13.0. The highest BCUT2D eigenvalue weighted by atomic mass is 15.2. The summed E-state index contributed by atoms with van der Waals surface area (Å²) in [6.45, 7) is 14.3. The first kappa shape index (κ1) is 16.0. The molecule has 2 heteroatoms. The van der Waals surface area contributed by atoms with E-state index in [0.717, 1.165) is 24.4 Å². The molecule has 108 valence electrons. The second kappa shape index (κ2) is 8.92. The standard InChI is InChI=1S/C16H34N2/c1-5-7-16-8-11-18(12-9-16)15(4)14(3)13-17-10-6-2/h14-17H,5-13H2,1-4H3. The van der Waals surface area contributed by atoms with Crippen molar-refractivity contribution in [3.63, 3.8) is 0 Å². The Kier molecular flexibility index (Phi) is 7.92. The molecule has 1 rings (SSSR count). The molecule has 0 aromatic carbocycles. The maximum Gasteiger partial charge on any atom is 0.0105 e. The van der Waals surface area contributed by atoms with Crippen LogP contribution < -0.4 is 5.32 Å². The molecule has 0 aromatic heterocycles. The first-order chi connectivity index (χ1) is 8.69. The molecule has 0 aromatic rings. The SMILES string of the molecule is CCCNCC(C)C(C)N1CCC(CCC)CC1. The zero-order chi connectivity index (χ0) is 13.4. The lowest BCUT2D eigenvalue weighted by molar-refractivity contribution is 0.106. The lowest BCUT2D eigenvalue weighted by Gasteiger charge is -2.38. The summed E-state index contributed by atoms with van der Waals surface area (Å²) in [5.74, 6) is 1.77. The van der Waals surface area contributed by atoms with Crippen molar-refractivity contribution in [3.05, 3.63) is 0 Å². The fourth-order valence-corrected chi connectivity index (χ4v) is 3.09. The van der Waals surface area contributed by atoms with E-state index in [0.29, 0.717) is 0 Å². The van der Waals surface area contributed by atoms with Crippen molar-refractivity contribution >= 4 is 0 Å². The van der Waals surface area contributed by atoms with Crippen molar-refractivity contribution in [1.29, 1.82) is 0 Å². The van der Waals surface area contributed by atoms with Crippen LogP contribution in [0.3, 0.4) is 0 Å². The van der Waals surface area contributed by atoms with Gasteiger partial charge in [-0.25, -0.2) is 0 Å². The molecule has 1 aliphatic heterocycles. The van der Waals surface area contributed by atoms with E-state index in [-0.39, 0.29) is 0 Å². The summed E-state index contributed by atoms with van der Waals surface area (Å²) in [6.07, 6.45) is 6.89. The minimum atomic E-state index is 0.733. The van der Waals surface area contributed by atoms with E-state index >= 15 is 0 Å². The molecule has 0 aliphatic carbocycles. The van der Waals surface area contributed by atoms with Gasteiger partial charge in [-0.15, -0.1) is 0 Å². The van der Waals surface area contributed by atoms with Crippen LogP contribution in [-0.2, 0) is 0 Å². The van der Waals surface area contributed by atoms with Gasteiger partial charge in [0.05, 0.1) is 0 Å². The first-order valence-electron chi connectivity index (χ1n) is 8.13. The number of piperidine rings is 1. The lowest BCUT2D eigenvalue weighted by Crippen LogP contribution is -2.45. The van der Waals surface area contributed by atoms with Crippen molar-refractivity contribution in [2.75, 3.05) is 26.2 Å². The van der Waals surface area contributed by atoms with Gasteiger partial charge in [0.1, 0.15) is 0 Å². The van der Waals surface area contributed by atoms with Crippen molar-refractivity contribution in [3.8, 4) is 0 Å². The molecule has 0 spiro atoms. The Morgan fingerprint density at radius 1 is 1.11 bits per heavy atom. The van der Waals surface area contributed by atoms with Crippen molar-refractivity contribution in [2.24, 2.45) is 11.8 Å². The normalized spacial score (nSPS) is 22.0. The van der Waals surface area contributed by atoms with Crippen LogP contribution in [0.1, 0.15) is 59.8 Å². The number of nitrogens with zero attached hydrogens (tertiary/aromatic N) is 1. The second-order valence-corrected chi connectivity index (χ2v) is 6.19. The molecule has 18 heavy (non-hydrogen) atoms. The molecule has 2 nitrogen and oxygen atoms in total. The molecule has 1 N–H and O–H groups in total. The fraction of sp³-hybridized carbons (Fsp3) is 1.00. The van der Waals surface area contributed by atoms with Gasteiger partial charge in [0.2, 0.25) is 0 Å². The Bertz CT molecular complexity index is 197. The number of likely N-dealkylation sites (tertiary alicyclic amines) is 1. The molecule has 1 heterocycles. The van der Waals surface area contributed by atoms with Crippen molar-refractivity contribution in [2.45, 2.75) is 65.8 Å². The van der Waals surface area contributed by atoms with E-state index in [1.165, 1.54) is 51.7 Å². The van der Waals surface area contributed by atoms with Gasteiger partial charge < -0.3 is 10.2 Å². The first-order valence-corrected chi connectivity index (χ1v) is 8.13. The second-order valence-electron chi connectivity index (χ2n) is 6.19. The van der Waals surface area contributed by atoms with Crippen LogP contribution >= 0.6 is 0 Å². The van der Waals surface area contributed by atoms with Gasteiger partial charge in [0, 0.05) is 6.04 Å². The minimum Gasteiger partial charge on any atom is -0.316 e. The van der Waals surface area contributed by atoms with Crippen LogP contribution in [0, 0.1) is 11.8 Å². The van der Waals surface area contributed by atoms with Crippen LogP contribution in [0.2, 0.25) is 0 Å². The van der Waals surface area contributed by atoms with Crippen molar-refractivity contribution < 1.29 is 0 Å². The van der Waals surface area contributed by atoms with Crippen LogP contribution in [0.4, 0.5) is 0 Å². The summed E-state index contributed by atoms with van der Waals surface area (Å²) in [6, 6.07) is 0.733. The molecule has 0 amide bonds. The molecular formula is C16H34N2. The van der Waals surface area contributed by atoms with Crippen LogP contribution in [0.5, 0.6) is 0 Å². The molecule has 0 saturated carbocycles. The van der Waals surface area contributed by atoms with E-state index in [1.54, 1.807) is 0 Å². The quantitative estimate of drug-likeness (QED) is 0.667. The average Bonchev–Trinajstić information content (AvgIpc) is 2.39. The third kappa shape index (κ3) is 5.27. The zero-order valence-electron chi connectivity index (χ0n) is 13.0. The summed E-state index contributed by atoms with van der Waals surface area (Å²) >= 11 is 0. The predicted molar refractivity (Wildman–Crippen MR) is 81.0 cm³/mol. The maximum absolute atomic E-state index is 3.56. The molecule has 0 radical (unpaired) electrons. The van der Waals surface area contributed by atoms with E-state index < -0.39 is 0 Å². The van der Waals surface area contributed by atoms with E-state index in [9.17, 15) is 0 Å². The van der Waals surface area contributed by atoms with Crippen molar-refractivity contribution in [1.82, 2.24) is 10.2 Å². The Hall–Kier alpha value is -0.0800. The molecule has 2 atom stereocenters. The summed E-state index contributed by atoms with van der Waals surface area (Å²) < 4.78 is 0. The topological polar surface area (TPSA) is 15.3 Å². The monoisotopic (exact) mass is 254 g/mol. The highest BCUT2D eigenvalue weighted by molar-refractivity contribution is 4.79. The van der Waals surface area contributed by atoms with Gasteiger partial charge >= 0.3 is 0 Å². The number of nitrogens with one attached hydrogen (secondary N) is 1. The average molecular weight is 254 g/mol. The van der Waals surface area contributed by atoms with Gasteiger partial charge in [-0.3, -0.25) is 0 Å². The highest BCUT2D eigenvalue weighted by Gasteiger charge is 2.24. The summed E-state index contributed by atoms with van der Waals surface area (Å²) in [7, 11) is 0. The summed E-state index contributed by atoms with van der Waals surface area (Å²) in [4.78, 5) is 2.71. The number of hydrogen-bond donors (Lipinski definition) is 1. The third-order valence-corrected chi connectivity index (χ3v) is 4.64. The molecule has 1 fully saturated rings. The van der Waals surface area contributed by atoms with Crippen LogP contribution in [0.25, 0.3) is 0 Å². The Morgan fingerprint density at radius 3 is 2.33 bits per heavy atom. The minimum absolute atomic E-state index is 0.733. The van der Waals surface area contributed by atoms with Gasteiger partial charge in [0.15, 0.2) is 0 Å². The van der Waals surface area contributed by atoms with E-state index in [4.69, 9.17) is 0 Å². The highest BCUT2D eigenvalue weighted by Crippen LogP contribution is 2.24. The molecular weight excluding hydrogens is 220 g/mol. The molecule has 0 bridgehead atoms. The molecule has 1 aliphatic rings. The Morgan fingerprint density at radius 2 is 1.78 bits per heavy atom. The van der Waals surface area contributed by atoms with E-state index in [1.807, 2.05) is 0 Å². The fourth-order valence-electron chi connectivity index (χ4n) is 3.09. The van der Waals surface area contributed by atoms with Gasteiger partial charge in [-0.05, 0) is 64.2 Å². The molecule has 1 saturated heterocycles. The van der Waals surface area contributed by atoms with Gasteiger partial charge in [-0.2, -0.15) is 0 Å². The number of hydrogen-bond acceptors (Lipinski definition) is 2. The smallest absolute Gasteiger partial charge is 0.0105 e. The molecule has 2 unspecified atom stereocenters. The number of rotatable bonds is 8. The Balaban J connectivity index is 2.23. The van der Waals surface area contributed by atoms with Crippen LogP contribution in [-0.4, -0.2) is 37.1 Å². The predicted octanol–water partition coefficient (Wildman–Crippen LogP) is 3.52. The van der Waals surface area contributed by atoms with Crippen LogP contribution in [0.15, 0.2) is 0 Å². The lowest BCUT2D eigenvalue weighted by atomic mass is 9.90. The maximum atomic E-state index is 3.56. The summed E-state index contributed by atoms with van der Waals surface area (Å²) in [5, 5.41) is 3.56.